The lowest BCUT2D eigenvalue weighted by molar-refractivity contribution is 0.117. The van der Waals surface area contributed by atoms with Crippen molar-refractivity contribution in [2.75, 3.05) is 13.2 Å². The van der Waals surface area contributed by atoms with Gasteiger partial charge in [0.15, 0.2) is 0 Å². The first-order chi connectivity index (χ1) is 12.6. The highest BCUT2D eigenvalue weighted by atomic mass is 35.5. The van der Waals surface area contributed by atoms with Crippen LogP contribution in [-0.4, -0.2) is 22.9 Å². The summed E-state index contributed by atoms with van der Waals surface area (Å²) in [6.45, 7) is 7.41. The van der Waals surface area contributed by atoms with Crippen LogP contribution in [0, 0.1) is 13.8 Å². The largest absolute Gasteiger partial charge is 0.492 e. The first kappa shape index (κ1) is 18.6. The van der Waals surface area contributed by atoms with Crippen LogP contribution >= 0.6 is 11.6 Å². The van der Waals surface area contributed by atoms with Gasteiger partial charge < -0.3 is 9.57 Å². The van der Waals surface area contributed by atoms with Gasteiger partial charge in [0, 0.05) is 6.42 Å². The van der Waals surface area contributed by atoms with Gasteiger partial charge in [0.05, 0.1) is 17.1 Å². The van der Waals surface area contributed by atoms with Crippen molar-refractivity contribution >= 4 is 22.6 Å². The van der Waals surface area contributed by atoms with Gasteiger partial charge >= 0.3 is 0 Å². The molecule has 0 bridgehead atoms. The monoisotopic (exact) mass is 372 g/mol. The number of para-hydroxylation sites is 1. The van der Waals surface area contributed by atoms with Gasteiger partial charge in [-0.25, -0.2) is 4.98 Å². The second-order valence-electron chi connectivity index (χ2n) is 6.45. The summed E-state index contributed by atoms with van der Waals surface area (Å²) in [7, 11) is 0. The van der Waals surface area contributed by atoms with Crippen LogP contribution in [0.4, 0.5) is 0 Å². The first-order valence-corrected chi connectivity index (χ1v) is 9.47. The molecule has 0 spiro atoms. The molecular weight excluding hydrogens is 348 g/mol. The van der Waals surface area contributed by atoms with E-state index >= 15 is 0 Å². The summed E-state index contributed by atoms with van der Waals surface area (Å²) in [5.74, 6) is 1.60. The average Bonchev–Trinajstić information content (AvgIpc) is 2.94. The third kappa shape index (κ3) is 4.13. The predicted octanol–water partition coefficient (Wildman–Crippen LogP) is 5.16. The minimum absolute atomic E-state index is 0.548. The highest BCUT2D eigenvalue weighted by molar-refractivity contribution is 6.32. The molecule has 3 rings (SSSR count). The fraction of sp³-hybridized carbons (Fsp3) is 0.381. The number of aromatic nitrogens is 2. The van der Waals surface area contributed by atoms with Crippen LogP contribution in [-0.2, 0) is 6.42 Å². The summed E-state index contributed by atoms with van der Waals surface area (Å²) in [5.41, 5.74) is 4.26. The summed E-state index contributed by atoms with van der Waals surface area (Å²) in [6, 6.07) is 12.0. The van der Waals surface area contributed by atoms with Crippen molar-refractivity contribution in [3.63, 3.8) is 0 Å². The van der Waals surface area contributed by atoms with Crippen LogP contribution in [0.1, 0.15) is 36.7 Å². The Labute approximate surface area is 159 Å². The minimum atomic E-state index is 0.548. The average molecular weight is 373 g/mol. The van der Waals surface area contributed by atoms with Gasteiger partial charge in [-0.15, -0.1) is 0 Å². The number of hydrogen-bond donors (Lipinski definition) is 0. The Balaban J connectivity index is 1.63. The van der Waals surface area contributed by atoms with Crippen LogP contribution in [0.15, 0.2) is 36.4 Å². The number of ether oxygens (including phenoxy) is 1. The van der Waals surface area contributed by atoms with Gasteiger partial charge in [-0.3, -0.25) is 0 Å². The maximum atomic E-state index is 6.33. The van der Waals surface area contributed by atoms with E-state index in [2.05, 4.69) is 24.9 Å². The normalized spacial score (nSPS) is 11.1. The lowest BCUT2D eigenvalue weighted by atomic mass is 10.1. The fourth-order valence-electron chi connectivity index (χ4n) is 2.90. The van der Waals surface area contributed by atoms with E-state index in [0.717, 1.165) is 53.0 Å². The Morgan fingerprint density at radius 1 is 1.12 bits per heavy atom. The zero-order chi connectivity index (χ0) is 18.5. The molecule has 1 aromatic heterocycles. The van der Waals surface area contributed by atoms with Crippen molar-refractivity contribution in [2.24, 2.45) is 0 Å². The lowest BCUT2D eigenvalue weighted by Crippen LogP contribution is -2.15. The second kappa shape index (κ2) is 8.45. The number of fused-ring (bicyclic) bond motifs is 1. The standard InChI is InChI=1S/C21H25ClN2O2/c1-4-5-12-25-20-10-9-17(14-18(20)22)11-13-26-24-16(3)23-21-15(2)7-6-8-19(21)24/h6-10,14H,4-5,11-13H2,1-3H3. The molecule has 0 saturated heterocycles. The lowest BCUT2D eigenvalue weighted by Gasteiger charge is -2.11. The number of rotatable bonds is 8. The molecule has 3 aromatic rings. The topological polar surface area (TPSA) is 36.3 Å². The molecule has 0 atom stereocenters. The number of nitrogens with zero attached hydrogens (tertiary/aromatic N) is 2. The Hall–Kier alpha value is -2.20. The van der Waals surface area contributed by atoms with Crippen molar-refractivity contribution in [3.8, 4) is 5.75 Å². The van der Waals surface area contributed by atoms with E-state index < -0.39 is 0 Å². The minimum Gasteiger partial charge on any atom is -0.492 e. The van der Waals surface area contributed by atoms with Gasteiger partial charge in [0.1, 0.15) is 23.7 Å². The van der Waals surface area contributed by atoms with Crippen molar-refractivity contribution < 1.29 is 9.57 Å². The van der Waals surface area contributed by atoms with Crippen molar-refractivity contribution in [3.05, 3.63) is 58.4 Å². The van der Waals surface area contributed by atoms with Crippen LogP contribution in [0.3, 0.4) is 0 Å². The molecular formula is C21H25ClN2O2. The maximum absolute atomic E-state index is 6.33. The Kier molecular flexibility index (Phi) is 6.04. The molecule has 5 heteroatoms. The molecule has 0 aliphatic heterocycles. The molecule has 0 unspecified atom stereocenters. The molecule has 4 nitrogen and oxygen atoms in total. The summed E-state index contributed by atoms with van der Waals surface area (Å²) in [6.07, 6.45) is 2.90. The molecule has 2 aromatic carbocycles. The summed E-state index contributed by atoms with van der Waals surface area (Å²) in [5, 5.41) is 0.651. The van der Waals surface area contributed by atoms with E-state index in [1.165, 1.54) is 0 Å². The van der Waals surface area contributed by atoms with Crippen molar-refractivity contribution in [2.45, 2.75) is 40.0 Å². The number of aryl methyl sites for hydroxylation is 2. The highest BCUT2D eigenvalue weighted by Gasteiger charge is 2.10. The van der Waals surface area contributed by atoms with Crippen molar-refractivity contribution in [1.29, 1.82) is 0 Å². The van der Waals surface area contributed by atoms with Gasteiger partial charge in [0.2, 0.25) is 0 Å². The fourth-order valence-corrected chi connectivity index (χ4v) is 3.15. The van der Waals surface area contributed by atoms with E-state index in [1.54, 1.807) is 0 Å². The van der Waals surface area contributed by atoms with Gasteiger partial charge in [-0.2, -0.15) is 4.73 Å². The number of benzene rings is 2. The molecule has 0 fully saturated rings. The summed E-state index contributed by atoms with van der Waals surface area (Å²) >= 11 is 6.33. The third-order valence-electron chi connectivity index (χ3n) is 4.37. The molecule has 0 aliphatic rings. The number of hydrogen-bond acceptors (Lipinski definition) is 3. The summed E-state index contributed by atoms with van der Waals surface area (Å²) in [4.78, 5) is 10.6. The van der Waals surface area contributed by atoms with E-state index in [1.807, 2.05) is 42.0 Å². The number of unbranched alkanes of at least 4 members (excludes halogenated alkanes) is 1. The Morgan fingerprint density at radius 3 is 2.73 bits per heavy atom. The SMILES string of the molecule is CCCCOc1ccc(CCOn2c(C)nc3c(C)cccc32)cc1Cl. The first-order valence-electron chi connectivity index (χ1n) is 9.09. The van der Waals surface area contributed by atoms with E-state index in [9.17, 15) is 0 Å². The molecule has 26 heavy (non-hydrogen) atoms. The zero-order valence-electron chi connectivity index (χ0n) is 15.6. The Bertz CT molecular complexity index is 889. The van der Waals surface area contributed by atoms with Crippen molar-refractivity contribution in [1.82, 2.24) is 9.71 Å². The quantitative estimate of drug-likeness (QED) is 0.512. The van der Waals surface area contributed by atoms with E-state index in [4.69, 9.17) is 21.2 Å². The van der Waals surface area contributed by atoms with E-state index in [0.29, 0.717) is 18.2 Å². The van der Waals surface area contributed by atoms with Crippen LogP contribution < -0.4 is 9.57 Å². The molecule has 0 amide bonds. The zero-order valence-corrected chi connectivity index (χ0v) is 16.3. The number of halogens is 1. The molecule has 0 saturated carbocycles. The molecule has 0 radical (unpaired) electrons. The predicted molar refractivity (Wildman–Crippen MR) is 106 cm³/mol. The number of imidazole rings is 1. The van der Waals surface area contributed by atoms with Crippen LogP contribution in [0.2, 0.25) is 5.02 Å². The third-order valence-corrected chi connectivity index (χ3v) is 4.66. The highest BCUT2D eigenvalue weighted by Crippen LogP contribution is 2.26. The Morgan fingerprint density at radius 2 is 1.96 bits per heavy atom. The molecule has 1 heterocycles. The molecule has 0 aliphatic carbocycles. The second-order valence-corrected chi connectivity index (χ2v) is 6.85. The van der Waals surface area contributed by atoms with Crippen LogP contribution in [0.25, 0.3) is 11.0 Å². The molecule has 138 valence electrons. The smallest absolute Gasteiger partial charge is 0.143 e. The van der Waals surface area contributed by atoms with Gasteiger partial charge in [-0.1, -0.05) is 43.1 Å². The maximum Gasteiger partial charge on any atom is 0.143 e. The van der Waals surface area contributed by atoms with Gasteiger partial charge in [-0.05, 0) is 49.6 Å². The molecule has 0 N–H and O–H groups in total. The van der Waals surface area contributed by atoms with Gasteiger partial charge in [0.25, 0.3) is 0 Å². The van der Waals surface area contributed by atoms with Crippen LogP contribution in [0.5, 0.6) is 5.75 Å². The summed E-state index contributed by atoms with van der Waals surface area (Å²) < 4.78 is 7.51. The van der Waals surface area contributed by atoms with E-state index in [-0.39, 0.29) is 0 Å².